The van der Waals surface area contributed by atoms with Crippen molar-refractivity contribution in [2.45, 2.75) is 6.92 Å². The molecular weight excluding hydrogens is 300 g/mol. The van der Waals surface area contributed by atoms with Crippen molar-refractivity contribution in [3.05, 3.63) is 53.8 Å². The normalized spacial score (nSPS) is 10.6. The SMILES string of the molecule is CCONC(=O)c1csc(-c2cnn(-c3ccccc3)c2)n1. The second-order valence-electron chi connectivity index (χ2n) is 4.41. The average Bonchev–Trinajstić information content (AvgIpc) is 3.22. The lowest BCUT2D eigenvalue weighted by Crippen LogP contribution is -2.23. The monoisotopic (exact) mass is 314 g/mol. The van der Waals surface area contributed by atoms with Crippen molar-refractivity contribution >= 4 is 17.2 Å². The van der Waals surface area contributed by atoms with Crippen molar-refractivity contribution in [3.8, 4) is 16.3 Å². The zero-order chi connectivity index (χ0) is 15.4. The van der Waals surface area contributed by atoms with Gasteiger partial charge in [0, 0.05) is 17.1 Å². The molecule has 0 radical (unpaired) electrons. The van der Waals surface area contributed by atoms with Crippen LogP contribution in [0.3, 0.4) is 0 Å². The zero-order valence-corrected chi connectivity index (χ0v) is 12.7. The van der Waals surface area contributed by atoms with Crippen LogP contribution in [0.1, 0.15) is 17.4 Å². The Morgan fingerprint density at radius 2 is 2.18 bits per heavy atom. The predicted octanol–water partition coefficient (Wildman–Crippen LogP) is 2.68. The third kappa shape index (κ3) is 3.05. The van der Waals surface area contributed by atoms with Crippen LogP contribution in [-0.2, 0) is 4.84 Å². The number of hydrogen-bond donors (Lipinski definition) is 1. The summed E-state index contributed by atoms with van der Waals surface area (Å²) < 4.78 is 1.77. The van der Waals surface area contributed by atoms with Gasteiger partial charge in [-0.2, -0.15) is 5.10 Å². The number of aromatic nitrogens is 3. The fourth-order valence-electron chi connectivity index (χ4n) is 1.86. The second-order valence-corrected chi connectivity index (χ2v) is 5.27. The van der Waals surface area contributed by atoms with Gasteiger partial charge in [-0.05, 0) is 19.1 Å². The number of hydrogen-bond acceptors (Lipinski definition) is 5. The summed E-state index contributed by atoms with van der Waals surface area (Å²) in [4.78, 5) is 21.0. The molecule has 0 aliphatic carbocycles. The molecule has 6 nitrogen and oxygen atoms in total. The maximum Gasteiger partial charge on any atom is 0.294 e. The number of carbonyl (C=O) groups is 1. The van der Waals surface area contributed by atoms with Crippen LogP contribution in [0.5, 0.6) is 0 Å². The van der Waals surface area contributed by atoms with Crippen LogP contribution >= 0.6 is 11.3 Å². The van der Waals surface area contributed by atoms with Gasteiger partial charge in [0.25, 0.3) is 5.91 Å². The second kappa shape index (κ2) is 6.50. The van der Waals surface area contributed by atoms with Gasteiger partial charge >= 0.3 is 0 Å². The lowest BCUT2D eigenvalue weighted by molar-refractivity contribution is 0.0360. The Morgan fingerprint density at radius 3 is 2.95 bits per heavy atom. The molecule has 1 N–H and O–H groups in total. The highest BCUT2D eigenvalue weighted by Gasteiger charge is 2.13. The Morgan fingerprint density at radius 1 is 1.36 bits per heavy atom. The van der Waals surface area contributed by atoms with Gasteiger partial charge in [0.2, 0.25) is 0 Å². The first-order chi connectivity index (χ1) is 10.8. The molecule has 1 aromatic carbocycles. The molecule has 3 rings (SSSR count). The van der Waals surface area contributed by atoms with Crippen molar-refractivity contribution in [3.63, 3.8) is 0 Å². The Kier molecular flexibility index (Phi) is 4.27. The Bertz CT molecular complexity index is 767. The highest BCUT2D eigenvalue weighted by atomic mass is 32.1. The molecule has 0 saturated carbocycles. The largest absolute Gasteiger partial charge is 0.294 e. The van der Waals surface area contributed by atoms with Crippen LogP contribution in [0, 0.1) is 0 Å². The third-order valence-corrected chi connectivity index (χ3v) is 3.79. The number of carbonyl (C=O) groups excluding carboxylic acids is 1. The summed E-state index contributed by atoms with van der Waals surface area (Å²) >= 11 is 1.39. The Labute approximate surface area is 131 Å². The van der Waals surface area contributed by atoms with Gasteiger partial charge in [-0.15, -0.1) is 11.3 Å². The molecule has 112 valence electrons. The minimum atomic E-state index is -0.347. The van der Waals surface area contributed by atoms with E-state index >= 15 is 0 Å². The van der Waals surface area contributed by atoms with Gasteiger partial charge in [0.15, 0.2) is 0 Å². The molecule has 22 heavy (non-hydrogen) atoms. The fraction of sp³-hybridized carbons (Fsp3) is 0.133. The average molecular weight is 314 g/mol. The van der Waals surface area contributed by atoms with Crippen LogP contribution in [0.15, 0.2) is 48.1 Å². The zero-order valence-electron chi connectivity index (χ0n) is 11.9. The molecule has 0 atom stereocenters. The summed E-state index contributed by atoms with van der Waals surface area (Å²) in [7, 11) is 0. The van der Waals surface area contributed by atoms with Gasteiger partial charge in [0.05, 0.1) is 18.5 Å². The van der Waals surface area contributed by atoms with Crippen LogP contribution < -0.4 is 5.48 Å². The summed E-state index contributed by atoms with van der Waals surface area (Å²) in [6, 6.07) is 9.81. The standard InChI is InChI=1S/C15H14N4O2S/c1-2-21-18-14(20)13-10-22-15(17-13)11-8-16-19(9-11)12-6-4-3-5-7-12/h3-10H,2H2,1H3,(H,18,20). The van der Waals surface area contributed by atoms with E-state index in [-0.39, 0.29) is 5.91 Å². The highest BCUT2D eigenvalue weighted by molar-refractivity contribution is 7.13. The van der Waals surface area contributed by atoms with Crippen LogP contribution in [0.4, 0.5) is 0 Å². The summed E-state index contributed by atoms with van der Waals surface area (Å²) in [6.45, 7) is 2.21. The van der Waals surface area contributed by atoms with Crippen molar-refractivity contribution in [1.82, 2.24) is 20.2 Å². The van der Waals surface area contributed by atoms with E-state index in [2.05, 4.69) is 15.6 Å². The van der Waals surface area contributed by atoms with E-state index in [9.17, 15) is 4.79 Å². The van der Waals surface area contributed by atoms with Crippen molar-refractivity contribution in [2.75, 3.05) is 6.61 Å². The van der Waals surface area contributed by atoms with Crippen LogP contribution in [0.25, 0.3) is 16.3 Å². The number of para-hydroxylation sites is 1. The number of rotatable bonds is 5. The minimum Gasteiger partial charge on any atom is -0.274 e. The molecule has 0 spiro atoms. The van der Waals surface area contributed by atoms with E-state index in [4.69, 9.17) is 4.84 Å². The molecular formula is C15H14N4O2S. The van der Waals surface area contributed by atoms with Crippen molar-refractivity contribution < 1.29 is 9.63 Å². The highest BCUT2D eigenvalue weighted by Crippen LogP contribution is 2.24. The van der Waals surface area contributed by atoms with E-state index in [1.807, 2.05) is 36.5 Å². The Hall–Kier alpha value is -2.51. The lowest BCUT2D eigenvalue weighted by Gasteiger charge is -1.99. The number of benzene rings is 1. The number of hydroxylamine groups is 1. The summed E-state index contributed by atoms with van der Waals surface area (Å²) in [6.07, 6.45) is 3.62. The molecule has 7 heteroatoms. The quantitative estimate of drug-likeness (QED) is 0.735. The summed E-state index contributed by atoms with van der Waals surface area (Å²) in [5.74, 6) is -0.347. The molecule has 2 heterocycles. The van der Waals surface area contributed by atoms with E-state index in [0.717, 1.165) is 16.3 Å². The van der Waals surface area contributed by atoms with E-state index in [0.29, 0.717) is 12.3 Å². The van der Waals surface area contributed by atoms with Gasteiger partial charge < -0.3 is 0 Å². The lowest BCUT2D eigenvalue weighted by atomic mass is 10.3. The van der Waals surface area contributed by atoms with Gasteiger partial charge in [-0.3, -0.25) is 9.63 Å². The number of nitrogens with zero attached hydrogens (tertiary/aromatic N) is 3. The maximum atomic E-state index is 11.8. The molecule has 1 amide bonds. The van der Waals surface area contributed by atoms with Crippen LogP contribution in [0.2, 0.25) is 0 Å². The molecule has 3 aromatic rings. The predicted molar refractivity (Wildman–Crippen MR) is 83.8 cm³/mol. The maximum absolute atomic E-state index is 11.8. The van der Waals surface area contributed by atoms with Gasteiger partial charge in [-0.1, -0.05) is 18.2 Å². The molecule has 0 unspecified atom stereocenters. The fourth-order valence-corrected chi connectivity index (χ4v) is 2.63. The topological polar surface area (TPSA) is 69.0 Å². The number of nitrogens with one attached hydrogen (secondary N) is 1. The first-order valence-electron chi connectivity index (χ1n) is 6.76. The molecule has 2 aromatic heterocycles. The summed E-state index contributed by atoms with van der Waals surface area (Å²) in [5.41, 5.74) is 4.50. The van der Waals surface area contributed by atoms with E-state index in [1.54, 1.807) is 23.2 Å². The number of thiazole rings is 1. The molecule has 0 fully saturated rings. The molecule has 0 saturated heterocycles. The molecule has 0 aliphatic heterocycles. The smallest absolute Gasteiger partial charge is 0.274 e. The number of amides is 1. The first-order valence-corrected chi connectivity index (χ1v) is 7.64. The van der Waals surface area contributed by atoms with E-state index in [1.165, 1.54) is 11.3 Å². The molecule has 0 aliphatic rings. The summed E-state index contributed by atoms with van der Waals surface area (Å²) in [5, 5.41) is 6.76. The van der Waals surface area contributed by atoms with Crippen LogP contribution in [-0.4, -0.2) is 27.3 Å². The minimum absolute atomic E-state index is 0.334. The Balaban J connectivity index is 1.80. The van der Waals surface area contributed by atoms with Crippen molar-refractivity contribution in [1.29, 1.82) is 0 Å². The van der Waals surface area contributed by atoms with Gasteiger partial charge in [0.1, 0.15) is 10.7 Å². The molecule has 0 bridgehead atoms. The van der Waals surface area contributed by atoms with Gasteiger partial charge in [-0.25, -0.2) is 15.1 Å². The third-order valence-electron chi connectivity index (χ3n) is 2.90. The van der Waals surface area contributed by atoms with Crippen molar-refractivity contribution in [2.24, 2.45) is 0 Å². The first kappa shape index (κ1) is 14.4. The van der Waals surface area contributed by atoms with E-state index < -0.39 is 0 Å².